The van der Waals surface area contributed by atoms with Gasteiger partial charge in [0.15, 0.2) is 15.0 Å². The number of nitrogens with one attached hydrogen (secondary N) is 1. The van der Waals surface area contributed by atoms with Gasteiger partial charge in [0.2, 0.25) is 5.91 Å². The Balaban J connectivity index is 1.72. The predicted molar refractivity (Wildman–Crippen MR) is 128 cm³/mol. The molecule has 0 spiro atoms. The third-order valence-corrected chi connectivity index (χ3v) is 8.34. The zero-order valence-corrected chi connectivity index (χ0v) is 20.5. The maximum absolute atomic E-state index is 12.8. The zero-order chi connectivity index (χ0) is 23.5. The van der Waals surface area contributed by atoms with Crippen LogP contribution >= 0.6 is 11.8 Å². The summed E-state index contributed by atoms with van der Waals surface area (Å²) in [6.45, 7) is 7.86. The minimum atomic E-state index is -3.55. The van der Waals surface area contributed by atoms with E-state index in [0.29, 0.717) is 17.4 Å². The minimum Gasteiger partial charge on any atom is -0.325 e. The summed E-state index contributed by atoms with van der Waals surface area (Å²) in [4.78, 5) is 13.1. The number of carbonyl (C=O) groups excluding carboxylic acids is 1. The van der Waals surface area contributed by atoms with E-state index in [9.17, 15) is 13.2 Å². The number of benzene rings is 2. The average molecular weight is 473 g/mol. The van der Waals surface area contributed by atoms with Gasteiger partial charge in [-0.25, -0.2) is 8.42 Å². The second-order valence-corrected chi connectivity index (χ2v) is 11.0. The van der Waals surface area contributed by atoms with Crippen molar-refractivity contribution in [2.45, 2.75) is 55.2 Å². The number of hydrogen-bond acceptors (Lipinski definition) is 6. The zero-order valence-electron chi connectivity index (χ0n) is 18.9. The van der Waals surface area contributed by atoms with Crippen LogP contribution in [0.5, 0.6) is 0 Å². The maximum atomic E-state index is 12.8. The molecule has 0 aliphatic rings. The molecule has 2 aromatic carbocycles. The molecule has 0 radical (unpaired) electrons. The summed E-state index contributed by atoms with van der Waals surface area (Å²) in [7, 11) is -1.83. The molecule has 0 bridgehead atoms. The molecule has 1 unspecified atom stereocenters. The van der Waals surface area contributed by atoms with Gasteiger partial charge in [-0.1, -0.05) is 42.4 Å². The van der Waals surface area contributed by atoms with E-state index < -0.39 is 9.84 Å². The van der Waals surface area contributed by atoms with Gasteiger partial charge in [0.1, 0.15) is 11.6 Å². The predicted octanol–water partition coefficient (Wildman–Crippen LogP) is 4.22. The van der Waals surface area contributed by atoms with Crippen LogP contribution in [0.1, 0.15) is 35.9 Å². The Morgan fingerprint density at radius 1 is 1.06 bits per heavy atom. The van der Waals surface area contributed by atoms with Crippen LogP contribution in [0.2, 0.25) is 0 Å². The van der Waals surface area contributed by atoms with Gasteiger partial charge in [0.05, 0.1) is 10.1 Å². The summed E-state index contributed by atoms with van der Waals surface area (Å²) in [5, 5.41) is 11.3. The highest BCUT2D eigenvalue weighted by Crippen LogP contribution is 2.26. The number of carbonyl (C=O) groups is 1. The number of amides is 1. The van der Waals surface area contributed by atoms with Gasteiger partial charge < -0.3 is 9.88 Å². The summed E-state index contributed by atoms with van der Waals surface area (Å²) >= 11 is 1.28. The van der Waals surface area contributed by atoms with Crippen LogP contribution in [0.3, 0.4) is 0 Å². The van der Waals surface area contributed by atoms with E-state index >= 15 is 0 Å². The fourth-order valence-electron chi connectivity index (χ4n) is 3.06. The average Bonchev–Trinajstić information content (AvgIpc) is 3.07. The number of aromatic nitrogens is 3. The molecule has 3 rings (SSSR count). The standard InChI is InChI=1S/C23H28N4O3S2/c1-6-20(22(28)24-18-10-9-16(3)17(4)13-18)31-23-26-25-21(27(23)5)14-32(29,30)19-11-7-15(2)8-12-19/h7-13,20H,6,14H2,1-5H3,(H,24,28). The number of hydrogen-bond donors (Lipinski definition) is 1. The van der Waals surface area contributed by atoms with E-state index in [1.807, 2.05) is 45.9 Å². The summed E-state index contributed by atoms with van der Waals surface area (Å²) in [5.41, 5.74) is 4.01. The Morgan fingerprint density at radius 3 is 2.38 bits per heavy atom. The number of rotatable bonds is 8. The lowest BCUT2D eigenvalue weighted by atomic mass is 10.1. The molecular weight excluding hydrogens is 444 g/mol. The lowest BCUT2D eigenvalue weighted by Crippen LogP contribution is -2.25. The van der Waals surface area contributed by atoms with Gasteiger partial charge in [-0.3, -0.25) is 4.79 Å². The van der Waals surface area contributed by atoms with Gasteiger partial charge in [-0.05, 0) is 62.6 Å². The van der Waals surface area contributed by atoms with E-state index in [4.69, 9.17) is 0 Å². The normalized spacial score (nSPS) is 12.5. The molecule has 0 saturated carbocycles. The monoisotopic (exact) mass is 472 g/mol. The molecule has 9 heteroatoms. The van der Waals surface area contributed by atoms with Crippen LogP contribution in [-0.4, -0.2) is 34.3 Å². The molecule has 3 aromatic rings. The van der Waals surface area contributed by atoms with E-state index in [1.54, 1.807) is 35.9 Å². The lowest BCUT2D eigenvalue weighted by Gasteiger charge is -2.15. The quantitative estimate of drug-likeness (QED) is 0.493. The molecule has 0 aliphatic carbocycles. The first kappa shape index (κ1) is 24.0. The number of thioether (sulfide) groups is 1. The Bertz CT molecular complexity index is 1220. The molecular formula is C23H28N4O3S2. The summed E-state index contributed by atoms with van der Waals surface area (Å²) in [5.74, 6) is -0.0544. The fraction of sp³-hybridized carbons (Fsp3) is 0.348. The number of nitrogens with zero attached hydrogens (tertiary/aromatic N) is 3. The minimum absolute atomic E-state index is 0.127. The Hall–Kier alpha value is -2.65. The van der Waals surface area contributed by atoms with Gasteiger partial charge in [0, 0.05) is 12.7 Å². The van der Waals surface area contributed by atoms with Crippen molar-refractivity contribution >= 4 is 33.2 Å². The molecule has 32 heavy (non-hydrogen) atoms. The maximum Gasteiger partial charge on any atom is 0.237 e. The van der Waals surface area contributed by atoms with Crippen LogP contribution in [0.25, 0.3) is 0 Å². The van der Waals surface area contributed by atoms with Crippen molar-refractivity contribution in [3.63, 3.8) is 0 Å². The molecule has 0 aliphatic heterocycles. The van der Waals surface area contributed by atoms with Crippen LogP contribution < -0.4 is 5.32 Å². The summed E-state index contributed by atoms with van der Waals surface area (Å²) < 4.78 is 27.2. The molecule has 1 N–H and O–H groups in total. The van der Waals surface area contributed by atoms with Crippen molar-refractivity contribution in [3.05, 3.63) is 65.0 Å². The van der Waals surface area contributed by atoms with Gasteiger partial charge in [0.25, 0.3) is 0 Å². The van der Waals surface area contributed by atoms with Crippen molar-refractivity contribution in [2.24, 2.45) is 7.05 Å². The van der Waals surface area contributed by atoms with Crippen molar-refractivity contribution in [3.8, 4) is 0 Å². The molecule has 0 saturated heterocycles. The molecule has 170 valence electrons. The number of anilines is 1. The fourth-order valence-corrected chi connectivity index (χ4v) is 5.31. The molecule has 1 amide bonds. The molecule has 1 atom stereocenters. The first-order valence-electron chi connectivity index (χ1n) is 10.3. The smallest absolute Gasteiger partial charge is 0.237 e. The highest BCUT2D eigenvalue weighted by atomic mass is 32.2. The van der Waals surface area contributed by atoms with E-state index in [1.165, 1.54) is 11.8 Å². The van der Waals surface area contributed by atoms with Gasteiger partial charge >= 0.3 is 0 Å². The van der Waals surface area contributed by atoms with E-state index in [-0.39, 0.29) is 21.8 Å². The van der Waals surface area contributed by atoms with Crippen LogP contribution in [0.15, 0.2) is 52.5 Å². The van der Waals surface area contributed by atoms with Crippen molar-refractivity contribution < 1.29 is 13.2 Å². The summed E-state index contributed by atoms with van der Waals surface area (Å²) in [6.07, 6.45) is 0.588. The first-order chi connectivity index (χ1) is 15.1. The van der Waals surface area contributed by atoms with Crippen LogP contribution in [-0.2, 0) is 27.4 Å². The topological polar surface area (TPSA) is 93.9 Å². The Morgan fingerprint density at radius 2 is 1.75 bits per heavy atom. The van der Waals surface area contributed by atoms with Crippen molar-refractivity contribution in [1.29, 1.82) is 0 Å². The second kappa shape index (κ2) is 9.87. The highest BCUT2D eigenvalue weighted by Gasteiger charge is 2.24. The van der Waals surface area contributed by atoms with E-state index in [0.717, 1.165) is 22.4 Å². The van der Waals surface area contributed by atoms with Crippen LogP contribution in [0, 0.1) is 20.8 Å². The third kappa shape index (κ3) is 5.58. The Kier molecular flexibility index (Phi) is 7.40. The first-order valence-corrected chi connectivity index (χ1v) is 12.9. The second-order valence-electron chi connectivity index (χ2n) is 7.83. The van der Waals surface area contributed by atoms with E-state index in [2.05, 4.69) is 15.5 Å². The van der Waals surface area contributed by atoms with Crippen molar-refractivity contribution in [2.75, 3.05) is 5.32 Å². The SMILES string of the molecule is CCC(Sc1nnc(CS(=O)(=O)c2ccc(C)cc2)n1C)C(=O)Nc1ccc(C)c(C)c1. The lowest BCUT2D eigenvalue weighted by molar-refractivity contribution is -0.115. The van der Waals surface area contributed by atoms with Gasteiger partial charge in [-0.2, -0.15) is 0 Å². The molecule has 0 fully saturated rings. The van der Waals surface area contributed by atoms with Gasteiger partial charge in [-0.15, -0.1) is 10.2 Å². The van der Waals surface area contributed by atoms with Crippen LogP contribution in [0.4, 0.5) is 5.69 Å². The Labute approximate surface area is 193 Å². The highest BCUT2D eigenvalue weighted by molar-refractivity contribution is 8.00. The summed E-state index contributed by atoms with van der Waals surface area (Å²) in [6, 6.07) is 12.5. The molecule has 1 heterocycles. The number of aryl methyl sites for hydroxylation is 3. The third-order valence-electron chi connectivity index (χ3n) is 5.31. The molecule has 1 aromatic heterocycles. The van der Waals surface area contributed by atoms with Crippen molar-refractivity contribution in [1.82, 2.24) is 14.8 Å². The molecule has 7 nitrogen and oxygen atoms in total. The largest absolute Gasteiger partial charge is 0.325 e. The number of sulfone groups is 1.